The summed E-state index contributed by atoms with van der Waals surface area (Å²) in [5.41, 5.74) is 14.9. The first-order chi connectivity index (χ1) is 10.1. The largest absolute Gasteiger partial charge is 0.382 e. The molecule has 0 saturated carbocycles. The van der Waals surface area contributed by atoms with Gasteiger partial charge in [-0.05, 0) is 23.3 Å². The summed E-state index contributed by atoms with van der Waals surface area (Å²) in [6, 6.07) is 15.9. The minimum atomic E-state index is 0.0678. The molecule has 0 amide bonds. The first-order valence-electron chi connectivity index (χ1n) is 6.26. The minimum Gasteiger partial charge on any atom is -0.382 e. The highest BCUT2D eigenvalue weighted by molar-refractivity contribution is 9.10. The van der Waals surface area contributed by atoms with E-state index >= 15 is 0 Å². The highest BCUT2D eigenvalue weighted by atomic mass is 79.9. The van der Waals surface area contributed by atoms with E-state index in [4.69, 9.17) is 11.5 Å². The molecule has 3 rings (SSSR count). The Hall–Kier alpha value is -2.47. The summed E-state index contributed by atoms with van der Waals surface area (Å²) in [5.74, 6) is 0.338. The molecule has 1 heterocycles. The third kappa shape index (κ3) is 2.71. The molecule has 0 unspecified atom stereocenters. The fraction of sp³-hybridized carbons (Fsp3) is 0. The van der Waals surface area contributed by atoms with Crippen molar-refractivity contribution in [3.63, 3.8) is 0 Å². The summed E-state index contributed by atoms with van der Waals surface area (Å²) in [6.07, 6.45) is 0. The SMILES string of the molecule is Nc1nnc(-c2cccc(-c3ccccc3Br)c2)c(N)n1. The topological polar surface area (TPSA) is 90.7 Å². The molecule has 4 N–H and O–H groups in total. The van der Waals surface area contributed by atoms with Crippen molar-refractivity contribution < 1.29 is 0 Å². The molecule has 21 heavy (non-hydrogen) atoms. The van der Waals surface area contributed by atoms with Crippen molar-refractivity contribution in [2.24, 2.45) is 0 Å². The zero-order valence-electron chi connectivity index (χ0n) is 11.0. The number of benzene rings is 2. The molecule has 1 aromatic heterocycles. The van der Waals surface area contributed by atoms with Crippen molar-refractivity contribution in [1.29, 1.82) is 0 Å². The molecule has 0 saturated heterocycles. The zero-order valence-corrected chi connectivity index (χ0v) is 12.6. The lowest BCUT2D eigenvalue weighted by atomic mass is 10.0. The van der Waals surface area contributed by atoms with E-state index < -0.39 is 0 Å². The molecule has 0 atom stereocenters. The van der Waals surface area contributed by atoms with Gasteiger partial charge in [-0.1, -0.05) is 52.3 Å². The van der Waals surface area contributed by atoms with Gasteiger partial charge in [-0.3, -0.25) is 0 Å². The maximum Gasteiger partial charge on any atom is 0.242 e. The molecule has 3 aromatic rings. The molecular formula is C15H12BrN5. The highest BCUT2D eigenvalue weighted by Gasteiger charge is 2.09. The van der Waals surface area contributed by atoms with Crippen LogP contribution in [0.5, 0.6) is 0 Å². The number of halogens is 1. The first-order valence-corrected chi connectivity index (χ1v) is 7.05. The lowest BCUT2D eigenvalue weighted by Crippen LogP contribution is -2.04. The molecule has 0 bridgehead atoms. The average Bonchev–Trinajstić information content (AvgIpc) is 2.48. The van der Waals surface area contributed by atoms with Gasteiger partial charge in [0, 0.05) is 10.0 Å². The molecule has 0 radical (unpaired) electrons. The van der Waals surface area contributed by atoms with Crippen LogP contribution in [0.25, 0.3) is 22.4 Å². The van der Waals surface area contributed by atoms with Gasteiger partial charge in [0.05, 0.1) is 0 Å². The van der Waals surface area contributed by atoms with Gasteiger partial charge in [0.15, 0.2) is 5.82 Å². The minimum absolute atomic E-state index is 0.0678. The molecule has 2 aromatic carbocycles. The number of anilines is 2. The lowest BCUT2D eigenvalue weighted by molar-refractivity contribution is 1.000. The normalized spacial score (nSPS) is 10.5. The standard InChI is InChI=1S/C15H12BrN5/c16-12-7-2-1-6-11(12)9-4-3-5-10(8-9)13-14(17)19-15(18)21-20-13/h1-8H,(H4,17,18,19,21). The average molecular weight is 342 g/mol. The molecule has 104 valence electrons. The van der Waals surface area contributed by atoms with Gasteiger partial charge in [-0.2, -0.15) is 4.98 Å². The van der Waals surface area contributed by atoms with Crippen LogP contribution >= 0.6 is 15.9 Å². The molecule has 0 fully saturated rings. The van der Waals surface area contributed by atoms with Crippen LogP contribution in [0.15, 0.2) is 53.0 Å². The summed E-state index contributed by atoms with van der Waals surface area (Å²) in [5, 5.41) is 7.79. The van der Waals surface area contributed by atoms with Crippen LogP contribution in [-0.2, 0) is 0 Å². The Balaban J connectivity index is 2.11. The Labute approximate surface area is 130 Å². The van der Waals surface area contributed by atoms with Gasteiger partial charge in [0.1, 0.15) is 5.69 Å². The number of hydrogen-bond acceptors (Lipinski definition) is 5. The van der Waals surface area contributed by atoms with Gasteiger partial charge in [0.25, 0.3) is 0 Å². The van der Waals surface area contributed by atoms with E-state index in [9.17, 15) is 0 Å². The summed E-state index contributed by atoms with van der Waals surface area (Å²) in [4.78, 5) is 3.94. The van der Waals surface area contributed by atoms with Crippen LogP contribution in [0, 0.1) is 0 Å². The lowest BCUT2D eigenvalue weighted by Gasteiger charge is -2.08. The van der Waals surface area contributed by atoms with E-state index in [-0.39, 0.29) is 11.8 Å². The quantitative estimate of drug-likeness (QED) is 0.747. The second-order valence-corrected chi connectivity index (χ2v) is 5.32. The number of hydrogen-bond donors (Lipinski definition) is 2. The Morgan fingerprint density at radius 2 is 1.62 bits per heavy atom. The number of nitrogen functional groups attached to an aromatic ring is 2. The van der Waals surface area contributed by atoms with Gasteiger partial charge in [-0.25, -0.2) is 0 Å². The number of rotatable bonds is 2. The zero-order chi connectivity index (χ0) is 14.8. The van der Waals surface area contributed by atoms with Crippen LogP contribution < -0.4 is 11.5 Å². The smallest absolute Gasteiger partial charge is 0.242 e. The van der Waals surface area contributed by atoms with Crippen molar-refractivity contribution >= 4 is 27.7 Å². The van der Waals surface area contributed by atoms with Crippen LogP contribution in [0.3, 0.4) is 0 Å². The van der Waals surface area contributed by atoms with E-state index in [1.165, 1.54) is 0 Å². The number of aromatic nitrogens is 3. The molecule has 5 nitrogen and oxygen atoms in total. The first kappa shape index (κ1) is 13.5. The van der Waals surface area contributed by atoms with E-state index in [0.717, 1.165) is 21.2 Å². The highest BCUT2D eigenvalue weighted by Crippen LogP contribution is 2.31. The second-order valence-electron chi connectivity index (χ2n) is 4.46. The van der Waals surface area contributed by atoms with Gasteiger partial charge in [-0.15, -0.1) is 10.2 Å². The maximum atomic E-state index is 5.87. The van der Waals surface area contributed by atoms with E-state index in [2.05, 4.69) is 31.1 Å². The fourth-order valence-corrected chi connectivity index (χ4v) is 2.60. The van der Waals surface area contributed by atoms with Crippen molar-refractivity contribution in [1.82, 2.24) is 15.2 Å². The van der Waals surface area contributed by atoms with Crippen LogP contribution in [-0.4, -0.2) is 15.2 Å². The van der Waals surface area contributed by atoms with E-state index in [1.807, 2.05) is 48.5 Å². The van der Waals surface area contributed by atoms with Crippen LogP contribution in [0.1, 0.15) is 0 Å². The number of nitrogens with zero attached hydrogens (tertiary/aromatic N) is 3. The Morgan fingerprint density at radius 1 is 0.857 bits per heavy atom. The summed E-state index contributed by atoms with van der Waals surface area (Å²) in [7, 11) is 0. The molecule has 0 aliphatic rings. The summed E-state index contributed by atoms with van der Waals surface area (Å²) < 4.78 is 1.02. The monoisotopic (exact) mass is 341 g/mol. The molecule has 6 heteroatoms. The van der Waals surface area contributed by atoms with Crippen molar-refractivity contribution in [3.8, 4) is 22.4 Å². The summed E-state index contributed by atoms with van der Waals surface area (Å²) in [6.45, 7) is 0. The second kappa shape index (κ2) is 5.49. The predicted molar refractivity (Wildman–Crippen MR) is 87.2 cm³/mol. The fourth-order valence-electron chi connectivity index (χ4n) is 2.09. The van der Waals surface area contributed by atoms with E-state index in [0.29, 0.717) is 5.69 Å². The summed E-state index contributed by atoms with van der Waals surface area (Å²) >= 11 is 3.56. The molecule has 0 aliphatic heterocycles. The molecule has 0 aliphatic carbocycles. The Kier molecular flexibility index (Phi) is 3.53. The molecule has 0 spiro atoms. The Morgan fingerprint density at radius 3 is 2.38 bits per heavy atom. The van der Waals surface area contributed by atoms with Gasteiger partial charge < -0.3 is 11.5 Å². The number of nitrogens with two attached hydrogens (primary N) is 2. The predicted octanol–water partition coefficient (Wildman–Crippen LogP) is 3.13. The van der Waals surface area contributed by atoms with Crippen LogP contribution in [0.4, 0.5) is 11.8 Å². The van der Waals surface area contributed by atoms with Crippen molar-refractivity contribution in [3.05, 3.63) is 53.0 Å². The van der Waals surface area contributed by atoms with Gasteiger partial charge in [0.2, 0.25) is 5.95 Å². The van der Waals surface area contributed by atoms with Crippen LogP contribution in [0.2, 0.25) is 0 Å². The Bertz CT molecular complexity index is 804. The van der Waals surface area contributed by atoms with E-state index in [1.54, 1.807) is 0 Å². The third-order valence-corrected chi connectivity index (χ3v) is 3.74. The van der Waals surface area contributed by atoms with Gasteiger partial charge >= 0.3 is 0 Å². The van der Waals surface area contributed by atoms with Crippen molar-refractivity contribution in [2.75, 3.05) is 11.5 Å². The van der Waals surface area contributed by atoms with Crippen molar-refractivity contribution in [2.45, 2.75) is 0 Å². The third-order valence-electron chi connectivity index (χ3n) is 3.05. The molecular weight excluding hydrogens is 330 g/mol. The maximum absolute atomic E-state index is 5.87.